The van der Waals surface area contributed by atoms with Gasteiger partial charge in [-0.15, -0.1) is 0 Å². The second-order valence-electron chi connectivity index (χ2n) is 9.34. The molecule has 40 heavy (non-hydrogen) atoms. The lowest BCUT2D eigenvalue weighted by Crippen LogP contribution is -2.14. The molecule has 0 atom stereocenters. The van der Waals surface area contributed by atoms with Crippen molar-refractivity contribution in [3.63, 3.8) is 0 Å². The zero-order chi connectivity index (χ0) is 28.1. The standard InChI is InChI=1S/C33H29N3O4/c1-22-9-7-8-12-29(22)36-33(40-23(2)37)31(32(35-36)26-15-19-28(39-3)20-16-26)25-13-17-27(18-14-25)34-30(38)21-24-10-5-4-6-11-24/h4-20H,21H2,1-3H3,(H,34,38). The molecule has 1 N–H and O–H groups in total. The van der Waals surface area contributed by atoms with Gasteiger partial charge in [-0.3, -0.25) is 9.59 Å². The van der Waals surface area contributed by atoms with Crippen LogP contribution in [0.3, 0.4) is 0 Å². The summed E-state index contributed by atoms with van der Waals surface area (Å²) in [6, 6.07) is 32.4. The molecule has 7 nitrogen and oxygen atoms in total. The fourth-order valence-corrected chi connectivity index (χ4v) is 4.52. The van der Waals surface area contributed by atoms with Crippen LogP contribution in [0.2, 0.25) is 0 Å². The van der Waals surface area contributed by atoms with Crippen molar-refractivity contribution in [2.75, 3.05) is 12.4 Å². The van der Waals surface area contributed by atoms with E-state index in [1.165, 1.54) is 6.92 Å². The summed E-state index contributed by atoms with van der Waals surface area (Å²) in [6.07, 6.45) is 0.282. The molecular weight excluding hydrogens is 502 g/mol. The lowest BCUT2D eigenvalue weighted by molar-refractivity contribution is -0.132. The molecule has 0 aliphatic carbocycles. The van der Waals surface area contributed by atoms with Crippen LogP contribution in [0.25, 0.3) is 28.1 Å². The zero-order valence-electron chi connectivity index (χ0n) is 22.5. The van der Waals surface area contributed by atoms with Gasteiger partial charge in [-0.1, -0.05) is 60.7 Å². The Morgan fingerprint density at radius 3 is 2.12 bits per heavy atom. The van der Waals surface area contributed by atoms with Crippen LogP contribution in [0, 0.1) is 6.92 Å². The molecule has 1 aromatic heterocycles. The molecular formula is C33H29N3O4. The van der Waals surface area contributed by atoms with Crippen LogP contribution < -0.4 is 14.8 Å². The molecule has 0 saturated carbocycles. The van der Waals surface area contributed by atoms with E-state index in [0.29, 0.717) is 22.8 Å². The monoisotopic (exact) mass is 531 g/mol. The van der Waals surface area contributed by atoms with Gasteiger partial charge in [0, 0.05) is 18.2 Å². The number of para-hydroxylation sites is 1. The zero-order valence-corrected chi connectivity index (χ0v) is 22.5. The number of hydrogen-bond donors (Lipinski definition) is 1. The summed E-state index contributed by atoms with van der Waals surface area (Å²) >= 11 is 0. The van der Waals surface area contributed by atoms with Crippen molar-refractivity contribution in [2.45, 2.75) is 20.3 Å². The Morgan fingerprint density at radius 1 is 0.825 bits per heavy atom. The highest BCUT2D eigenvalue weighted by Gasteiger charge is 2.25. The number of nitrogens with zero attached hydrogens (tertiary/aromatic N) is 2. The van der Waals surface area contributed by atoms with Crippen LogP contribution in [-0.2, 0) is 16.0 Å². The van der Waals surface area contributed by atoms with Crippen LogP contribution >= 0.6 is 0 Å². The first-order valence-corrected chi connectivity index (χ1v) is 12.9. The summed E-state index contributed by atoms with van der Waals surface area (Å²) in [7, 11) is 1.62. The minimum atomic E-state index is -0.456. The largest absolute Gasteiger partial charge is 0.497 e. The van der Waals surface area contributed by atoms with Crippen molar-refractivity contribution in [2.24, 2.45) is 0 Å². The number of amides is 1. The van der Waals surface area contributed by atoms with Crippen LogP contribution in [-0.4, -0.2) is 28.8 Å². The Bertz CT molecular complexity index is 1640. The normalized spacial score (nSPS) is 10.7. The number of carbonyl (C=O) groups excluding carboxylic acids is 2. The smallest absolute Gasteiger partial charge is 0.309 e. The van der Waals surface area contributed by atoms with E-state index in [9.17, 15) is 9.59 Å². The molecule has 1 heterocycles. The first-order chi connectivity index (χ1) is 19.4. The van der Waals surface area contributed by atoms with Gasteiger partial charge in [-0.05, 0) is 66.1 Å². The summed E-state index contributed by atoms with van der Waals surface area (Å²) in [5, 5.41) is 7.90. The quantitative estimate of drug-likeness (QED) is 0.227. The Kier molecular flexibility index (Phi) is 7.73. The molecule has 0 aliphatic rings. The van der Waals surface area contributed by atoms with Gasteiger partial charge in [0.05, 0.1) is 24.8 Å². The molecule has 4 aromatic carbocycles. The Morgan fingerprint density at radius 2 is 1.48 bits per heavy atom. The number of hydrogen-bond acceptors (Lipinski definition) is 5. The van der Waals surface area contributed by atoms with Gasteiger partial charge in [0.25, 0.3) is 0 Å². The highest BCUT2D eigenvalue weighted by Crippen LogP contribution is 2.42. The SMILES string of the molecule is COc1ccc(-c2nn(-c3ccccc3C)c(OC(C)=O)c2-c2ccc(NC(=O)Cc3ccccc3)cc2)cc1. The third-order valence-corrected chi connectivity index (χ3v) is 6.46. The van der Waals surface area contributed by atoms with E-state index in [2.05, 4.69) is 5.32 Å². The molecule has 0 fully saturated rings. The second kappa shape index (κ2) is 11.7. The minimum absolute atomic E-state index is 0.106. The summed E-state index contributed by atoms with van der Waals surface area (Å²) in [5.74, 6) is 0.473. The van der Waals surface area contributed by atoms with E-state index in [-0.39, 0.29) is 12.3 Å². The molecule has 7 heteroatoms. The maximum atomic E-state index is 12.6. The van der Waals surface area contributed by atoms with Crippen molar-refractivity contribution in [3.05, 3.63) is 114 Å². The number of benzene rings is 4. The predicted octanol–water partition coefficient (Wildman–Crippen LogP) is 6.63. The average Bonchev–Trinajstić information content (AvgIpc) is 3.32. The van der Waals surface area contributed by atoms with Crippen LogP contribution in [0.1, 0.15) is 18.1 Å². The Balaban J connectivity index is 1.58. The minimum Gasteiger partial charge on any atom is -0.497 e. The Labute approximate surface area is 233 Å². The molecule has 0 unspecified atom stereocenters. The lowest BCUT2D eigenvalue weighted by atomic mass is 10.0. The van der Waals surface area contributed by atoms with Crippen LogP contribution in [0.5, 0.6) is 11.6 Å². The van der Waals surface area contributed by atoms with Gasteiger partial charge < -0.3 is 14.8 Å². The maximum absolute atomic E-state index is 12.6. The molecule has 0 aliphatic heterocycles. The number of carbonyl (C=O) groups is 2. The van der Waals surface area contributed by atoms with Gasteiger partial charge in [-0.2, -0.15) is 9.78 Å². The van der Waals surface area contributed by atoms with Crippen molar-refractivity contribution < 1.29 is 19.1 Å². The number of aryl methyl sites for hydroxylation is 1. The fraction of sp³-hybridized carbons (Fsp3) is 0.121. The number of rotatable bonds is 8. The fourth-order valence-electron chi connectivity index (χ4n) is 4.52. The number of methoxy groups -OCH3 is 1. The number of esters is 1. The number of aromatic nitrogens is 2. The summed E-state index contributed by atoms with van der Waals surface area (Å²) in [6.45, 7) is 3.35. The predicted molar refractivity (Wildman–Crippen MR) is 156 cm³/mol. The topological polar surface area (TPSA) is 82.4 Å². The third kappa shape index (κ3) is 5.78. The van der Waals surface area contributed by atoms with Gasteiger partial charge in [-0.25, -0.2) is 0 Å². The van der Waals surface area contributed by atoms with E-state index < -0.39 is 5.97 Å². The summed E-state index contributed by atoms with van der Waals surface area (Å²) in [4.78, 5) is 24.9. The highest BCUT2D eigenvalue weighted by molar-refractivity contribution is 5.93. The molecule has 200 valence electrons. The van der Waals surface area contributed by atoms with Crippen molar-refractivity contribution in [3.8, 4) is 39.7 Å². The van der Waals surface area contributed by atoms with E-state index in [1.54, 1.807) is 11.8 Å². The van der Waals surface area contributed by atoms with E-state index in [4.69, 9.17) is 14.6 Å². The molecule has 5 rings (SSSR count). The van der Waals surface area contributed by atoms with Gasteiger partial charge >= 0.3 is 5.97 Å². The van der Waals surface area contributed by atoms with Crippen molar-refractivity contribution in [1.29, 1.82) is 0 Å². The van der Waals surface area contributed by atoms with Gasteiger partial charge in [0.15, 0.2) is 0 Å². The molecule has 1 amide bonds. The maximum Gasteiger partial charge on any atom is 0.309 e. The lowest BCUT2D eigenvalue weighted by Gasteiger charge is -2.12. The average molecular weight is 532 g/mol. The van der Waals surface area contributed by atoms with E-state index in [0.717, 1.165) is 33.7 Å². The van der Waals surface area contributed by atoms with E-state index >= 15 is 0 Å². The van der Waals surface area contributed by atoms with Crippen LogP contribution in [0.15, 0.2) is 103 Å². The number of anilines is 1. The number of nitrogens with one attached hydrogen (secondary N) is 1. The van der Waals surface area contributed by atoms with Crippen molar-refractivity contribution >= 4 is 17.6 Å². The Hall–Kier alpha value is -5.17. The van der Waals surface area contributed by atoms with Gasteiger partial charge in [0.2, 0.25) is 11.8 Å². The van der Waals surface area contributed by atoms with E-state index in [1.807, 2.05) is 110 Å². The highest BCUT2D eigenvalue weighted by atomic mass is 16.5. The summed E-state index contributed by atoms with van der Waals surface area (Å²) in [5.41, 5.74) is 6.28. The molecule has 0 radical (unpaired) electrons. The molecule has 5 aromatic rings. The summed E-state index contributed by atoms with van der Waals surface area (Å²) < 4.78 is 12.8. The molecule has 0 bridgehead atoms. The number of ether oxygens (including phenoxy) is 2. The molecule has 0 spiro atoms. The van der Waals surface area contributed by atoms with Crippen molar-refractivity contribution in [1.82, 2.24) is 9.78 Å². The third-order valence-electron chi connectivity index (χ3n) is 6.46. The first-order valence-electron chi connectivity index (χ1n) is 12.9. The second-order valence-corrected chi connectivity index (χ2v) is 9.34. The van der Waals surface area contributed by atoms with Crippen LogP contribution in [0.4, 0.5) is 5.69 Å². The molecule has 0 saturated heterocycles. The van der Waals surface area contributed by atoms with Gasteiger partial charge in [0.1, 0.15) is 11.4 Å². The first kappa shape index (κ1) is 26.4.